The number of carbonyl (C=O) groups excluding carboxylic acids is 1. The lowest BCUT2D eigenvalue weighted by atomic mass is 9.85. The number of benzene rings is 1. The van der Waals surface area contributed by atoms with Crippen molar-refractivity contribution in [3.05, 3.63) is 42.7 Å². The van der Waals surface area contributed by atoms with Gasteiger partial charge in [0.25, 0.3) is 0 Å². The van der Waals surface area contributed by atoms with Crippen LogP contribution in [0.3, 0.4) is 0 Å². The lowest BCUT2D eigenvalue weighted by Crippen LogP contribution is -2.42. The van der Waals surface area contributed by atoms with Gasteiger partial charge in [-0.25, -0.2) is 9.67 Å². The predicted molar refractivity (Wildman–Crippen MR) is 115 cm³/mol. The molecule has 0 bridgehead atoms. The first-order valence-electron chi connectivity index (χ1n) is 10.6. The number of fused-ring (bicyclic) bond motifs is 1. The molecule has 1 atom stereocenters. The topological polar surface area (TPSA) is 105 Å². The molecule has 30 heavy (non-hydrogen) atoms. The number of anilines is 1. The third-order valence-corrected chi connectivity index (χ3v) is 5.83. The molecular formula is C22H28N6O2. The van der Waals surface area contributed by atoms with E-state index in [9.17, 15) is 9.90 Å². The van der Waals surface area contributed by atoms with Crippen LogP contribution < -0.4 is 10.6 Å². The number of aliphatic hydroxyl groups is 1. The molecule has 0 saturated heterocycles. The van der Waals surface area contributed by atoms with Crippen LogP contribution in [0.4, 0.5) is 5.95 Å². The molecule has 8 nitrogen and oxygen atoms in total. The fourth-order valence-corrected chi connectivity index (χ4v) is 3.97. The van der Waals surface area contributed by atoms with Crippen LogP contribution >= 0.6 is 0 Å². The van der Waals surface area contributed by atoms with Gasteiger partial charge >= 0.3 is 0 Å². The minimum absolute atomic E-state index is 0.00587. The van der Waals surface area contributed by atoms with E-state index in [4.69, 9.17) is 0 Å². The van der Waals surface area contributed by atoms with Gasteiger partial charge in [-0.3, -0.25) is 4.79 Å². The highest BCUT2D eigenvalue weighted by Crippen LogP contribution is 2.26. The van der Waals surface area contributed by atoms with Crippen molar-refractivity contribution in [2.24, 2.45) is 5.92 Å². The second kappa shape index (κ2) is 9.21. The number of para-hydroxylation sites is 1. The third-order valence-electron chi connectivity index (χ3n) is 5.83. The molecular weight excluding hydrogens is 380 g/mol. The van der Waals surface area contributed by atoms with Gasteiger partial charge in [0.1, 0.15) is 0 Å². The SMILES string of the molecule is CCC(CO)NC(=O)C1CCC(Nc2nccc(-n3ncc4ccccc43)n2)CC1. The van der Waals surface area contributed by atoms with Crippen LogP contribution in [-0.2, 0) is 4.79 Å². The van der Waals surface area contributed by atoms with Crippen molar-refractivity contribution in [2.75, 3.05) is 11.9 Å². The van der Waals surface area contributed by atoms with Crippen LogP contribution in [0.5, 0.6) is 0 Å². The number of hydrogen-bond donors (Lipinski definition) is 3. The molecule has 1 aromatic carbocycles. The standard InChI is InChI=1S/C22H28N6O2/c1-2-17(14-29)25-21(30)15-7-9-18(10-8-15)26-22-23-12-11-20(27-22)28-19-6-4-3-5-16(19)13-24-28/h3-6,11-13,15,17-18,29H,2,7-10,14H2,1H3,(H,25,30)(H,23,26,27). The molecule has 0 aliphatic heterocycles. The van der Waals surface area contributed by atoms with Gasteiger partial charge < -0.3 is 15.7 Å². The lowest BCUT2D eigenvalue weighted by molar-refractivity contribution is -0.127. The highest BCUT2D eigenvalue weighted by molar-refractivity contribution is 5.80. The van der Waals surface area contributed by atoms with E-state index < -0.39 is 0 Å². The first kappa shape index (κ1) is 20.3. The Morgan fingerprint density at radius 1 is 1.23 bits per heavy atom. The minimum Gasteiger partial charge on any atom is -0.394 e. The van der Waals surface area contributed by atoms with Crippen LogP contribution in [0.2, 0.25) is 0 Å². The first-order chi connectivity index (χ1) is 14.7. The second-order valence-corrected chi connectivity index (χ2v) is 7.84. The third kappa shape index (κ3) is 4.43. The molecule has 2 aromatic heterocycles. The van der Waals surface area contributed by atoms with Gasteiger partial charge in [0.2, 0.25) is 11.9 Å². The number of nitrogens with one attached hydrogen (secondary N) is 2. The molecule has 1 fully saturated rings. The Bertz CT molecular complexity index is 992. The van der Waals surface area contributed by atoms with Crippen LogP contribution in [0.15, 0.2) is 42.7 Å². The molecule has 1 saturated carbocycles. The largest absolute Gasteiger partial charge is 0.394 e. The molecule has 4 rings (SSSR count). The summed E-state index contributed by atoms with van der Waals surface area (Å²) in [4.78, 5) is 21.4. The number of aliphatic hydroxyl groups excluding tert-OH is 1. The monoisotopic (exact) mass is 408 g/mol. The van der Waals surface area contributed by atoms with E-state index in [-0.39, 0.29) is 30.5 Å². The summed E-state index contributed by atoms with van der Waals surface area (Å²) in [6, 6.07) is 9.95. The fourth-order valence-electron chi connectivity index (χ4n) is 3.97. The maximum absolute atomic E-state index is 12.4. The zero-order valence-electron chi connectivity index (χ0n) is 17.2. The van der Waals surface area contributed by atoms with Gasteiger partial charge in [-0.1, -0.05) is 25.1 Å². The maximum Gasteiger partial charge on any atom is 0.224 e. The summed E-state index contributed by atoms with van der Waals surface area (Å²) in [6.07, 6.45) is 7.69. The molecule has 0 spiro atoms. The normalized spacial score (nSPS) is 20.1. The minimum atomic E-state index is -0.150. The highest BCUT2D eigenvalue weighted by Gasteiger charge is 2.27. The summed E-state index contributed by atoms with van der Waals surface area (Å²) in [7, 11) is 0. The van der Waals surface area contributed by atoms with Crippen molar-refractivity contribution in [3.8, 4) is 5.82 Å². The second-order valence-electron chi connectivity index (χ2n) is 7.84. The van der Waals surface area contributed by atoms with Crippen LogP contribution in [0.1, 0.15) is 39.0 Å². The van der Waals surface area contributed by atoms with E-state index in [2.05, 4.69) is 25.7 Å². The zero-order valence-corrected chi connectivity index (χ0v) is 17.2. The zero-order chi connectivity index (χ0) is 20.9. The molecule has 1 unspecified atom stereocenters. The average molecular weight is 409 g/mol. The van der Waals surface area contributed by atoms with Gasteiger partial charge in [-0.15, -0.1) is 0 Å². The number of carbonyl (C=O) groups is 1. The smallest absolute Gasteiger partial charge is 0.224 e. The molecule has 3 aromatic rings. The summed E-state index contributed by atoms with van der Waals surface area (Å²) >= 11 is 0. The fraction of sp³-hybridized carbons (Fsp3) is 0.455. The van der Waals surface area contributed by atoms with Gasteiger partial charge in [0.15, 0.2) is 5.82 Å². The molecule has 1 aliphatic rings. The summed E-state index contributed by atoms with van der Waals surface area (Å²) in [6.45, 7) is 1.94. The Labute approximate surface area is 175 Å². The molecule has 1 amide bonds. The van der Waals surface area contributed by atoms with Gasteiger partial charge in [0, 0.05) is 29.6 Å². The average Bonchev–Trinajstić information content (AvgIpc) is 3.22. The molecule has 2 heterocycles. The number of nitrogens with zero attached hydrogens (tertiary/aromatic N) is 4. The summed E-state index contributed by atoms with van der Waals surface area (Å²) in [5, 5.41) is 21.2. The Kier molecular flexibility index (Phi) is 6.23. The Balaban J connectivity index is 1.37. The van der Waals surface area contributed by atoms with Gasteiger partial charge in [0.05, 0.1) is 24.4 Å². The maximum atomic E-state index is 12.4. The van der Waals surface area contributed by atoms with Crippen molar-refractivity contribution >= 4 is 22.8 Å². The van der Waals surface area contributed by atoms with E-state index in [1.54, 1.807) is 6.20 Å². The molecule has 3 N–H and O–H groups in total. The highest BCUT2D eigenvalue weighted by atomic mass is 16.3. The molecule has 158 valence electrons. The predicted octanol–water partition coefficient (Wildman–Crippen LogP) is 2.67. The van der Waals surface area contributed by atoms with Crippen molar-refractivity contribution in [2.45, 2.75) is 51.1 Å². The van der Waals surface area contributed by atoms with Crippen LogP contribution in [0, 0.1) is 5.92 Å². The quantitative estimate of drug-likeness (QED) is 0.555. The summed E-state index contributed by atoms with van der Waals surface area (Å²) in [5.74, 6) is 1.35. The van der Waals surface area contributed by atoms with E-state index in [0.717, 1.165) is 48.8 Å². The summed E-state index contributed by atoms with van der Waals surface area (Å²) in [5.41, 5.74) is 1.00. The Morgan fingerprint density at radius 3 is 2.80 bits per heavy atom. The van der Waals surface area contributed by atoms with Crippen LogP contribution in [0.25, 0.3) is 16.7 Å². The molecule has 1 aliphatic carbocycles. The Hall–Kier alpha value is -3.00. The Morgan fingerprint density at radius 2 is 2.03 bits per heavy atom. The van der Waals surface area contributed by atoms with E-state index in [1.165, 1.54) is 0 Å². The first-order valence-corrected chi connectivity index (χ1v) is 10.6. The number of aromatic nitrogens is 4. The van der Waals surface area contributed by atoms with Gasteiger partial charge in [-0.2, -0.15) is 10.1 Å². The van der Waals surface area contributed by atoms with Crippen LogP contribution in [-0.4, -0.2) is 49.5 Å². The number of amides is 1. The van der Waals surface area contributed by atoms with E-state index >= 15 is 0 Å². The van der Waals surface area contributed by atoms with E-state index in [1.807, 2.05) is 48.1 Å². The van der Waals surface area contributed by atoms with Gasteiger partial charge in [-0.05, 0) is 38.2 Å². The molecule has 0 radical (unpaired) electrons. The van der Waals surface area contributed by atoms with Crippen molar-refractivity contribution in [1.29, 1.82) is 0 Å². The molecule has 8 heteroatoms. The number of rotatable bonds is 7. The summed E-state index contributed by atoms with van der Waals surface area (Å²) < 4.78 is 1.81. The van der Waals surface area contributed by atoms with Crippen molar-refractivity contribution in [3.63, 3.8) is 0 Å². The van der Waals surface area contributed by atoms with E-state index in [0.29, 0.717) is 5.95 Å². The van der Waals surface area contributed by atoms with Crippen molar-refractivity contribution in [1.82, 2.24) is 25.1 Å². The number of hydrogen-bond acceptors (Lipinski definition) is 6. The van der Waals surface area contributed by atoms with Crippen molar-refractivity contribution < 1.29 is 9.90 Å². The lowest BCUT2D eigenvalue weighted by Gasteiger charge is -2.29.